The first-order valence-electron chi connectivity index (χ1n) is 18.9. The predicted molar refractivity (Wildman–Crippen MR) is 235 cm³/mol. The lowest BCUT2D eigenvalue weighted by atomic mass is 10.0. The molecule has 0 unspecified atom stereocenters. The third-order valence-electron chi connectivity index (χ3n) is 10.7. The van der Waals surface area contributed by atoms with Crippen LogP contribution in [-0.2, 0) is 0 Å². The standard InChI is InChI=1S/C48H40N4O2P2/c1-33-29-49(43-23-11-5-17-37(33)43)55(50-30-34(2)38-18-6-12-24-44(38)50)53-47-27-15-9-21-41(47)42-22-10-16-28-48(42)54-56(51-31-35(3)39-19-7-13-25-45(39)51)52-32-36(4)40-20-8-14-26-46(40)52/h5-32H,1-4H3. The first kappa shape index (κ1) is 34.4. The van der Waals surface area contributed by atoms with E-state index in [0.717, 1.165) is 44.7 Å². The van der Waals surface area contributed by atoms with Gasteiger partial charge in [0, 0.05) is 57.5 Å². The molecule has 0 aliphatic rings. The highest BCUT2D eigenvalue weighted by molar-refractivity contribution is 7.50. The fourth-order valence-electron chi connectivity index (χ4n) is 7.98. The summed E-state index contributed by atoms with van der Waals surface area (Å²) in [4.78, 5) is 0. The van der Waals surface area contributed by atoms with E-state index in [2.05, 4.69) is 215 Å². The topological polar surface area (TPSA) is 38.2 Å². The van der Waals surface area contributed by atoms with E-state index in [1.807, 2.05) is 0 Å². The van der Waals surface area contributed by atoms with Gasteiger partial charge in [-0.2, -0.15) is 0 Å². The summed E-state index contributed by atoms with van der Waals surface area (Å²) in [6.07, 6.45) is 8.95. The molecule has 10 rings (SSSR count). The molecule has 0 saturated heterocycles. The van der Waals surface area contributed by atoms with Gasteiger partial charge >= 0.3 is 16.9 Å². The minimum atomic E-state index is -1.44. The second-order valence-electron chi connectivity index (χ2n) is 14.4. The molecule has 10 aromatic rings. The highest BCUT2D eigenvalue weighted by Crippen LogP contribution is 2.53. The Labute approximate surface area is 328 Å². The molecule has 0 amide bonds. The fourth-order valence-corrected chi connectivity index (χ4v) is 11.9. The van der Waals surface area contributed by atoms with E-state index in [1.54, 1.807) is 0 Å². The zero-order valence-corrected chi connectivity index (χ0v) is 33.5. The molecule has 4 heterocycles. The second-order valence-corrected chi connectivity index (χ2v) is 17.5. The first-order valence-corrected chi connectivity index (χ1v) is 21.2. The van der Waals surface area contributed by atoms with Crippen LogP contribution in [0.25, 0.3) is 54.7 Å². The summed E-state index contributed by atoms with van der Waals surface area (Å²) in [6, 6.07) is 51.1. The van der Waals surface area contributed by atoms with Gasteiger partial charge in [-0.3, -0.25) is 17.4 Å². The quantitative estimate of drug-likeness (QED) is 0.137. The van der Waals surface area contributed by atoms with Crippen molar-refractivity contribution in [2.24, 2.45) is 0 Å². The molecular formula is C48H40N4O2P2. The lowest BCUT2D eigenvalue weighted by Crippen LogP contribution is -2.07. The molecule has 6 nitrogen and oxygen atoms in total. The van der Waals surface area contributed by atoms with Gasteiger partial charge in [0.25, 0.3) is 0 Å². The van der Waals surface area contributed by atoms with Gasteiger partial charge in [-0.1, -0.05) is 109 Å². The maximum absolute atomic E-state index is 7.40. The van der Waals surface area contributed by atoms with Crippen LogP contribution < -0.4 is 9.05 Å². The summed E-state index contributed by atoms with van der Waals surface area (Å²) in [6.45, 7) is 8.71. The van der Waals surface area contributed by atoms with E-state index in [4.69, 9.17) is 9.05 Å². The second kappa shape index (κ2) is 13.9. The number of benzene rings is 6. The molecule has 0 atom stereocenters. The van der Waals surface area contributed by atoms with Gasteiger partial charge in [0.2, 0.25) is 0 Å². The van der Waals surface area contributed by atoms with E-state index in [1.165, 1.54) is 43.8 Å². The minimum absolute atomic E-state index is 0.786. The van der Waals surface area contributed by atoms with E-state index in [-0.39, 0.29) is 0 Å². The van der Waals surface area contributed by atoms with Crippen molar-refractivity contribution < 1.29 is 9.05 Å². The summed E-state index contributed by atoms with van der Waals surface area (Å²) >= 11 is 0. The Bertz CT molecular complexity index is 2710. The van der Waals surface area contributed by atoms with Crippen LogP contribution in [-0.4, -0.2) is 17.4 Å². The van der Waals surface area contributed by atoms with Crippen molar-refractivity contribution >= 4 is 60.5 Å². The van der Waals surface area contributed by atoms with E-state index in [9.17, 15) is 0 Å². The molecule has 274 valence electrons. The van der Waals surface area contributed by atoms with E-state index in [0.29, 0.717) is 0 Å². The van der Waals surface area contributed by atoms with Gasteiger partial charge in [-0.25, -0.2) is 0 Å². The monoisotopic (exact) mass is 766 g/mol. The van der Waals surface area contributed by atoms with Gasteiger partial charge in [0.05, 0.1) is 22.1 Å². The van der Waals surface area contributed by atoms with E-state index >= 15 is 0 Å². The average Bonchev–Trinajstić information content (AvgIpc) is 3.97. The number of aryl methyl sites for hydroxylation is 4. The summed E-state index contributed by atoms with van der Waals surface area (Å²) in [5.41, 5.74) is 11.4. The Morgan fingerprint density at radius 2 is 0.571 bits per heavy atom. The van der Waals surface area contributed by atoms with E-state index < -0.39 is 16.9 Å². The Balaban J connectivity index is 1.13. The summed E-state index contributed by atoms with van der Waals surface area (Å²) in [5, 5.41) is 4.88. The number of aromatic nitrogens is 4. The number of fused-ring (bicyclic) bond motifs is 4. The molecule has 0 aliphatic carbocycles. The van der Waals surface area contributed by atoms with Crippen molar-refractivity contribution in [2.75, 3.05) is 0 Å². The fraction of sp³-hybridized carbons (Fsp3) is 0.0833. The predicted octanol–water partition coefficient (Wildman–Crippen LogP) is 13.8. The van der Waals surface area contributed by atoms with Crippen LogP contribution in [0.3, 0.4) is 0 Å². The first-order chi connectivity index (χ1) is 27.4. The van der Waals surface area contributed by atoms with Crippen LogP contribution in [0.15, 0.2) is 170 Å². The van der Waals surface area contributed by atoms with Crippen molar-refractivity contribution in [3.63, 3.8) is 0 Å². The molecule has 6 aromatic carbocycles. The van der Waals surface area contributed by atoms with Crippen LogP contribution in [0.1, 0.15) is 22.3 Å². The van der Waals surface area contributed by atoms with Gasteiger partial charge < -0.3 is 9.05 Å². The van der Waals surface area contributed by atoms with Crippen molar-refractivity contribution in [3.8, 4) is 22.6 Å². The van der Waals surface area contributed by atoms with Crippen molar-refractivity contribution in [3.05, 3.63) is 193 Å². The zero-order chi connectivity index (χ0) is 37.9. The van der Waals surface area contributed by atoms with Crippen LogP contribution in [0.4, 0.5) is 0 Å². The third-order valence-corrected chi connectivity index (χ3v) is 14.2. The molecule has 0 aliphatic heterocycles. The smallest absolute Gasteiger partial charge is 0.318 e. The van der Waals surface area contributed by atoms with Gasteiger partial charge in [0.15, 0.2) is 0 Å². The molecule has 0 bridgehead atoms. The molecule has 0 fully saturated rings. The molecular weight excluding hydrogens is 727 g/mol. The number of hydrogen-bond donors (Lipinski definition) is 0. The van der Waals surface area contributed by atoms with Gasteiger partial charge in [-0.15, -0.1) is 0 Å². The number of para-hydroxylation sites is 6. The average molecular weight is 767 g/mol. The Morgan fingerprint density at radius 3 is 0.875 bits per heavy atom. The molecule has 0 saturated carbocycles. The molecule has 56 heavy (non-hydrogen) atoms. The molecule has 4 aromatic heterocycles. The third kappa shape index (κ3) is 5.72. The number of hydrogen-bond acceptors (Lipinski definition) is 2. The minimum Gasteiger partial charge on any atom is -0.435 e. The lowest BCUT2D eigenvalue weighted by Gasteiger charge is -2.25. The summed E-state index contributed by atoms with van der Waals surface area (Å²) < 4.78 is 24.1. The largest absolute Gasteiger partial charge is 0.435 e. The highest BCUT2D eigenvalue weighted by Gasteiger charge is 2.28. The molecule has 0 spiro atoms. The van der Waals surface area contributed by atoms with Crippen LogP contribution >= 0.6 is 16.9 Å². The maximum atomic E-state index is 7.40. The Kier molecular flexibility index (Phi) is 8.55. The SMILES string of the molecule is Cc1cn(P(Oc2ccccc2-c2ccccc2OP(n2cc(C)c3ccccc32)n2cc(C)c3ccccc32)n2cc(C)c3ccccc32)c2ccccc12. The van der Waals surface area contributed by atoms with Crippen molar-refractivity contribution in [1.29, 1.82) is 0 Å². The molecule has 0 radical (unpaired) electrons. The highest BCUT2D eigenvalue weighted by atomic mass is 31.2. The van der Waals surface area contributed by atoms with Crippen LogP contribution in [0.2, 0.25) is 0 Å². The van der Waals surface area contributed by atoms with Crippen molar-refractivity contribution in [2.45, 2.75) is 27.7 Å². The van der Waals surface area contributed by atoms with Gasteiger partial charge in [0.1, 0.15) is 11.5 Å². The zero-order valence-electron chi connectivity index (χ0n) is 31.7. The normalized spacial score (nSPS) is 11.9. The molecule has 8 heteroatoms. The Morgan fingerprint density at radius 1 is 0.321 bits per heavy atom. The van der Waals surface area contributed by atoms with Gasteiger partial charge in [-0.05, 0) is 86.3 Å². The van der Waals surface area contributed by atoms with Crippen molar-refractivity contribution in [1.82, 2.24) is 17.4 Å². The van der Waals surface area contributed by atoms with Crippen LogP contribution in [0.5, 0.6) is 11.5 Å². The molecule has 0 N–H and O–H groups in total. The van der Waals surface area contributed by atoms with Crippen LogP contribution in [0, 0.1) is 27.7 Å². The maximum Gasteiger partial charge on any atom is 0.318 e. The summed E-state index contributed by atoms with van der Waals surface area (Å²) in [7, 11) is -2.87. The number of rotatable bonds is 9. The lowest BCUT2D eigenvalue weighted by molar-refractivity contribution is 0.589. The number of nitrogens with zero attached hydrogens (tertiary/aromatic N) is 4. The summed E-state index contributed by atoms with van der Waals surface area (Å²) in [5.74, 6) is 1.57. The Hall–Kier alpha value is -6.06.